The predicted octanol–water partition coefficient (Wildman–Crippen LogP) is 4.41. The van der Waals surface area contributed by atoms with Gasteiger partial charge in [0.05, 0.1) is 26.9 Å². The minimum absolute atomic E-state index is 0.185. The summed E-state index contributed by atoms with van der Waals surface area (Å²) in [5, 5.41) is 7.36. The lowest BCUT2D eigenvalue weighted by Crippen LogP contribution is -2.28. The molecule has 1 aromatic heterocycles. The van der Waals surface area contributed by atoms with Crippen molar-refractivity contribution in [1.29, 1.82) is 0 Å². The van der Waals surface area contributed by atoms with E-state index in [9.17, 15) is 4.79 Å². The van der Waals surface area contributed by atoms with E-state index in [-0.39, 0.29) is 5.78 Å². The van der Waals surface area contributed by atoms with Crippen molar-refractivity contribution in [1.82, 2.24) is 9.91 Å². The number of methoxy groups -OCH3 is 3. The molecule has 2 aromatic carbocycles. The summed E-state index contributed by atoms with van der Waals surface area (Å²) in [6, 6.07) is 9.16. The summed E-state index contributed by atoms with van der Waals surface area (Å²) in [6.45, 7) is 6.57. The molecule has 8 nitrogen and oxygen atoms in total. The van der Waals surface area contributed by atoms with Crippen molar-refractivity contribution in [2.45, 2.75) is 20.3 Å². The molecule has 1 heterocycles. The summed E-state index contributed by atoms with van der Waals surface area (Å²) < 4.78 is 22.5. The second kappa shape index (κ2) is 11.8. The molecule has 0 N–H and O–H groups in total. The number of aryl methyl sites for hydroxylation is 1. The van der Waals surface area contributed by atoms with Gasteiger partial charge in [-0.05, 0) is 51.7 Å². The van der Waals surface area contributed by atoms with Gasteiger partial charge in [-0.25, -0.2) is 0 Å². The van der Waals surface area contributed by atoms with Crippen LogP contribution in [0.15, 0.2) is 39.9 Å². The normalized spacial score (nSPS) is 11.4. The molecular weight excluding hydrogens is 446 g/mol. The number of furan rings is 1. The van der Waals surface area contributed by atoms with Crippen molar-refractivity contribution in [2.24, 2.45) is 5.10 Å². The highest BCUT2D eigenvalue weighted by Gasteiger charge is 2.24. The Balaban J connectivity index is 2.02. The number of hydrogen-bond acceptors (Lipinski definition) is 8. The van der Waals surface area contributed by atoms with Crippen molar-refractivity contribution in [2.75, 3.05) is 55.1 Å². The summed E-state index contributed by atoms with van der Waals surface area (Å²) in [7, 11) is 8.66. The van der Waals surface area contributed by atoms with Gasteiger partial charge in [0.2, 0.25) is 5.75 Å². The van der Waals surface area contributed by atoms with Crippen molar-refractivity contribution < 1.29 is 23.4 Å². The van der Waals surface area contributed by atoms with Gasteiger partial charge < -0.3 is 23.5 Å². The molecule has 0 spiro atoms. The maximum absolute atomic E-state index is 13.8. The number of hydrazone groups is 1. The summed E-state index contributed by atoms with van der Waals surface area (Å²) in [5.41, 5.74) is 2.66. The van der Waals surface area contributed by atoms with Gasteiger partial charge >= 0.3 is 0 Å². The molecule has 0 aliphatic rings. The standard InChI is InChI=1S/C27H35N3O5/c1-8-30(14-13-29(3)4)28-12-11-21-25(20-10-9-18(2)15-22(20)35-21)26(31)19-16-23(32-5)27(34-7)24(17-19)33-6/h9-10,12,15-17H,8,11,13-14H2,1-7H3/b28-12-. The Bertz CT molecular complexity index is 1170. The molecule has 3 rings (SSSR count). The van der Waals surface area contributed by atoms with Crippen LogP contribution in [0.2, 0.25) is 0 Å². The lowest BCUT2D eigenvalue weighted by atomic mass is 9.98. The number of nitrogens with zero attached hydrogens (tertiary/aromatic N) is 3. The van der Waals surface area contributed by atoms with Gasteiger partial charge in [0, 0.05) is 43.2 Å². The van der Waals surface area contributed by atoms with Crippen LogP contribution in [0.3, 0.4) is 0 Å². The molecule has 0 amide bonds. The average molecular weight is 482 g/mol. The first-order valence-electron chi connectivity index (χ1n) is 11.6. The number of ketones is 1. The van der Waals surface area contributed by atoms with Gasteiger partial charge in [0.1, 0.15) is 11.3 Å². The van der Waals surface area contributed by atoms with Gasteiger partial charge in [0.25, 0.3) is 0 Å². The van der Waals surface area contributed by atoms with Gasteiger partial charge in [-0.3, -0.25) is 9.80 Å². The molecular formula is C27H35N3O5. The molecule has 8 heteroatoms. The van der Waals surface area contributed by atoms with Gasteiger partial charge in [-0.2, -0.15) is 5.10 Å². The third-order valence-corrected chi connectivity index (χ3v) is 5.76. The molecule has 35 heavy (non-hydrogen) atoms. The first-order chi connectivity index (χ1) is 16.8. The van der Waals surface area contributed by atoms with Crippen molar-refractivity contribution >= 4 is 23.0 Å². The molecule has 0 bridgehead atoms. The first-order valence-corrected chi connectivity index (χ1v) is 11.6. The van der Waals surface area contributed by atoms with Crippen LogP contribution in [0, 0.1) is 6.92 Å². The molecule has 0 saturated heterocycles. The van der Waals surface area contributed by atoms with Crippen molar-refractivity contribution in [3.63, 3.8) is 0 Å². The maximum atomic E-state index is 13.8. The molecule has 0 aliphatic heterocycles. The smallest absolute Gasteiger partial charge is 0.203 e. The largest absolute Gasteiger partial charge is 0.493 e. The van der Waals surface area contributed by atoms with Gasteiger partial charge in [0.15, 0.2) is 17.3 Å². The van der Waals surface area contributed by atoms with E-state index in [4.69, 9.17) is 18.6 Å². The van der Waals surface area contributed by atoms with Crippen LogP contribution in [-0.4, -0.2) is 77.0 Å². The molecule has 0 atom stereocenters. The first kappa shape index (κ1) is 26.1. The number of fused-ring (bicyclic) bond motifs is 1. The molecule has 0 fully saturated rings. The average Bonchev–Trinajstić information content (AvgIpc) is 3.21. The summed E-state index contributed by atoms with van der Waals surface area (Å²) in [4.78, 5) is 15.9. The monoisotopic (exact) mass is 481 g/mol. The molecule has 188 valence electrons. The predicted molar refractivity (Wildman–Crippen MR) is 138 cm³/mol. The van der Waals surface area contributed by atoms with Crippen LogP contribution >= 0.6 is 0 Å². The van der Waals surface area contributed by atoms with Gasteiger partial charge in [-0.15, -0.1) is 0 Å². The Kier molecular flexibility index (Phi) is 8.76. The van der Waals surface area contributed by atoms with E-state index >= 15 is 0 Å². The molecule has 0 aliphatic carbocycles. The highest BCUT2D eigenvalue weighted by molar-refractivity contribution is 6.17. The third kappa shape index (κ3) is 5.95. The summed E-state index contributed by atoms with van der Waals surface area (Å²) in [5.74, 6) is 1.65. The zero-order chi connectivity index (χ0) is 25.5. The van der Waals surface area contributed by atoms with E-state index in [1.54, 1.807) is 18.3 Å². The molecule has 3 aromatic rings. The lowest BCUT2D eigenvalue weighted by Gasteiger charge is -2.19. The topological polar surface area (TPSA) is 76.7 Å². The van der Waals surface area contributed by atoms with E-state index in [1.807, 2.05) is 44.2 Å². The van der Waals surface area contributed by atoms with Crippen molar-refractivity contribution in [3.05, 3.63) is 52.8 Å². The Hall–Kier alpha value is -3.52. The minimum atomic E-state index is -0.185. The minimum Gasteiger partial charge on any atom is -0.493 e. The molecule has 0 saturated carbocycles. The van der Waals surface area contributed by atoms with Crippen LogP contribution in [0.4, 0.5) is 0 Å². The summed E-state index contributed by atoms with van der Waals surface area (Å²) >= 11 is 0. The number of hydrogen-bond donors (Lipinski definition) is 0. The third-order valence-electron chi connectivity index (χ3n) is 5.76. The Morgan fingerprint density at radius 1 is 1.03 bits per heavy atom. The lowest BCUT2D eigenvalue weighted by molar-refractivity contribution is 0.103. The Morgan fingerprint density at radius 3 is 2.29 bits per heavy atom. The van der Waals surface area contributed by atoms with Crippen LogP contribution in [0.5, 0.6) is 17.2 Å². The van der Waals surface area contributed by atoms with Crippen molar-refractivity contribution in [3.8, 4) is 17.2 Å². The fourth-order valence-electron chi connectivity index (χ4n) is 3.86. The zero-order valence-corrected chi connectivity index (χ0v) is 21.7. The number of ether oxygens (including phenoxy) is 3. The fourth-order valence-corrected chi connectivity index (χ4v) is 3.86. The highest BCUT2D eigenvalue weighted by atomic mass is 16.5. The van der Waals surface area contributed by atoms with E-state index in [1.165, 1.54) is 21.3 Å². The fraction of sp³-hybridized carbons (Fsp3) is 0.407. The van der Waals surface area contributed by atoms with E-state index < -0.39 is 0 Å². The SMILES string of the molecule is CCN(CCN(C)C)/N=C\Cc1oc2cc(C)ccc2c1C(=O)c1cc(OC)c(OC)c(OC)c1. The quantitative estimate of drug-likeness (QED) is 0.215. The van der Waals surface area contributed by atoms with Gasteiger partial charge in [-0.1, -0.05) is 12.1 Å². The maximum Gasteiger partial charge on any atom is 0.203 e. The Labute approximate surface area is 207 Å². The van der Waals surface area contributed by atoms with Crippen LogP contribution in [0.1, 0.15) is 34.2 Å². The number of likely N-dealkylation sites (N-methyl/N-ethyl adjacent to an activating group) is 2. The number of benzene rings is 2. The molecule has 0 unspecified atom stereocenters. The second-order valence-corrected chi connectivity index (χ2v) is 8.49. The van der Waals surface area contributed by atoms with E-state index in [0.29, 0.717) is 46.1 Å². The Morgan fingerprint density at radius 2 is 1.71 bits per heavy atom. The van der Waals surface area contributed by atoms with Crippen LogP contribution in [0.25, 0.3) is 11.0 Å². The highest BCUT2D eigenvalue weighted by Crippen LogP contribution is 2.39. The number of carbonyl (C=O) groups is 1. The zero-order valence-electron chi connectivity index (χ0n) is 21.7. The van der Waals surface area contributed by atoms with E-state index in [2.05, 4.69) is 16.9 Å². The number of rotatable bonds is 12. The summed E-state index contributed by atoms with van der Waals surface area (Å²) in [6.07, 6.45) is 2.19. The molecule has 0 radical (unpaired) electrons. The van der Waals surface area contributed by atoms with Crippen LogP contribution in [-0.2, 0) is 6.42 Å². The second-order valence-electron chi connectivity index (χ2n) is 8.49. The van der Waals surface area contributed by atoms with Crippen LogP contribution < -0.4 is 14.2 Å². The van der Waals surface area contributed by atoms with E-state index in [0.717, 1.165) is 30.6 Å². The number of carbonyl (C=O) groups excluding carboxylic acids is 1.